The van der Waals surface area contributed by atoms with Crippen LogP contribution in [-0.2, 0) is 0 Å². The normalized spacial score (nSPS) is 12.9. The van der Waals surface area contributed by atoms with Crippen molar-refractivity contribution in [2.75, 3.05) is 53.4 Å². The van der Waals surface area contributed by atoms with Crippen LogP contribution in [0.2, 0.25) is 0 Å². The van der Waals surface area contributed by atoms with Gasteiger partial charge in [-0.2, -0.15) is 0 Å². The fraction of sp³-hybridized carbons (Fsp3) is 1.00. The predicted molar refractivity (Wildman–Crippen MR) is 96.0 cm³/mol. The van der Waals surface area contributed by atoms with Crippen molar-refractivity contribution in [1.29, 1.82) is 0 Å². The van der Waals surface area contributed by atoms with Gasteiger partial charge < -0.3 is 15.1 Å². The third-order valence-electron chi connectivity index (χ3n) is 4.51. The van der Waals surface area contributed by atoms with Crippen molar-refractivity contribution in [1.82, 2.24) is 15.1 Å². The van der Waals surface area contributed by atoms with Crippen molar-refractivity contribution >= 4 is 0 Å². The predicted octanol–water partition coefficient (Wildman–Crippen LogP) is 3.31. The number of rotatable bonds is 13. The van der Waals surface area contributed by atoms with Gasteiger partial charge in [0.15, 0.2) is 0 Å². The van der Waals surface area contributed by atoms with E-state index in [2.05, 4.69) is 63.8 Å². The Morgan fingerprint density at radius 2 is 1.57 bits per heavy atom. The number of nitrogens with one attached hydrogen (secondary N) is 1. The maximum atomic E-state index is 3.70. The molecule has 0 rings (SSSR count). The Balaban J connectivity index is 4.57. The van der Waals surface area contributed by atoms with E-state index in [0.717, 1.165) is 25.6 Å². The van der Waals surface area contributed by atoms with Gasteiger partial charge in [0.05, 0.1) is 0 Å². The van der Waals surface area contributed by atoms with E-state index < -0.39 is 0 Å². The van der Waals surface area contributed by atoms with Crippen LogP contribution in [0.5, 0.6) is 0 Å². The largest absolute Gasteiger partial charge is 0.316 e. The molecule has 0 atom stereocenters. The van der Waals surface area contributed by atoms with Gasteiger partial charge in [0.2, 0.25) is 0 Å². The van der Waals surface area contributed by atoms with Crippen molar-refractivity contribution < 1.29 is 0 Å². The smallest absolute Gasteiger partial charge is 0.0109 e. The Morgan fingerprint density at radius 1 is 0.952 bits per heavy atom. The summed E-state index contributed by atoms with van der Waals surface area (Å²) in [4.78, 5) is 4.96. The molecule has 0 fully saturated rings. The summed E-state index contributed by atoms with van der Waals surface area (Å²) in [6.45, 7) is 18.7. The van der Waals surface area contributed by atoms with Gasteiger partial charge >= 0.3 is 0 Å². The summed E-state index contributed by atoms with van der Waals surface area (Å²) in [6.07, 6.45) is 3.77. The zero-order valence-corrected chi connectivity index (χ0v) is 15.8. The van der Waals surface area contributed by atoms with Crippen LogP contribution >= 0.6 is 0 Å². The lowest BCUT2D eigenvalue weighted by molar-refractivity contribution is 0.126. The Kier molecular flexibility index (Phi) is 11.4. The van der Waals surface area contributed by atoms with Crippen LogP contribution in [0, 0.1) is 11.3 Å². The second-order valence-corrected chi connectivity index (χ2v) is 7.31. The van der Waals surface area contributed by atoms with Gasteiger partial charge in [-0.15, -0.1) is 0 Å². The third kappa shape index (κ3) is 9.49. The quantitative estimate of drug-likeness (QED) is 0.563. The average molecular weight is 300 g/mol. The molecule has 128 valence electrons. The molecule has 0 aliphatic carbocycles. The van der Waals surface area contributed by atoms with Crippen molar-refractivity contribution in [3.63, 3.8) is 0 Å². The summed E-state index contributed by atoms with van der Waals surface area (Å²) < 4.78 is 0. The van der Waals surface area contributed by atoms with Gasteiger partial charge in [-0.25, -0.2) is 0 Å². The lowest BCUT2D eigenvalue weighted by Gasteiger charge is -2.38. The Bertz CT molecular complexity index is 235. The SMILES string of the molecule is CCCN(CCN(C)C)CC(CC)(CC)CNCC(C)C. The maximum Gasteiger partial charge on any atom is 0.0109 e. The molecule has 0 saturated carbocycles. The lowest BCUT2D eigenvalue weighted by Crippen LogP contribution is -2.46. The molecule has 0 aliphatic rings. The number of hydrogen-bond acceptors (Lipinski definition) is 3. The molecule has 0 aromatic heterocycles. The molecule has 0 aromatic carbocycles. The molecule has 0 bridgehead atoms. The van der Waals surface area contributed by atoms with E-state index in [0.29, 0.717) is 5.41 Å². The van der Waals surface area contributed by atoms with Crippen LogP contribution in [0.4, 0.5) is 0 Å². The molecule has 0 aromatic rings. The summed E-state index contributed by atoms with van der Waals surface area (Å²) in [7, 11) is 4.34. The van der Waals surface area contributed by atoms with Crippen molar-refractivity contribution in [2.45, 2.75) is 53.9 Å². The molecule has 21 heavy (non-hydrogen) atoms. The van der Waals surface area contributed by atoms with Crippen molar-refractivity contribution in [2.24, 2.45) is 11.3 Å². The van der Waals surface area contributed by atoms with Gasteiger partial charge in [-0.05, 0) is 57.8 Å². The standard InChI is InChI=1S/C18H41N3/c1-8-11-21(13-12-20(6)7)16-18(9-2,10-3)15-19-14-17(4)5/h17,19H,8-16H2,1-7H3. The molecule has 0 radical (unpaired) electrons. The van der Waals surface area contributed by atoms with E-state index in [1.165, 1.54) is 38.9 Å². The molecule has 0 spiro atoms. The molecule has 0 amide bonds. The van der Waals surface area contributed by atoms with E-state index in [-0.39, 0.29) is 0 Å². The second kappa shape index (κ2) is 11.4. The summed E-state index contributed by atoms with van der Waals surface area (Å²) in [6, 6.07) is 0. The van der Waals surface area contributed by atoms with Gasteiger partial charge in [-0.3, -0.25) is 0 Å². The monoisotopic (exact) mass is 299 g/mol. The highest BCUT2D eigenvalue weighted by molar-refractivity contribution is 4.83. The maximum absolute atomic E-state index is 3.70. The zero-order chi connectivity index (χ0) is 16.3. The minimum Gasteiger partial charge on any atom is -0.316 e. The third-order valence-corrected chi connectivity index (χ3v) is 4.51. The Hall–Kier alpha value is -0.120. The highest BCUT2D eigenvalue weighted by Gasteiger charge is 2.28. The first-order valence-electron chi connectivity index (χ1n) is 8.96. The minimum atomic E-state index is 0.427. The van der Waals surface area contributed by atoms with Crippen LogP contribution in [0.3, 0.4) is 0 Å². The molecule has 0 heterocycles. The average Bonchev–Trinajstić information content (AvgIpc) is 2.43. The number of likely N-dealkylation sites (N-methyl/N-ethyl adjacent to an activating group) is 1. The minimum absolute atomic E-state index is 0.427. The molecule has 0 unspecified atom stereocenters. The van der Waals surface area contributed by atoms with Gasteiger partial charge in [-0.1, -0.05) is 34.6 Å². The Morgan fingerprint density at radius 3 is 2.00 bits per heavy atom. The topological polar surface area (TPSA) is 18.5 Å². The molecule has 0 saturated heterocycles. The molecule has 3 nitrogen and oxygen atoms in total. The van der Waals surface area contributed by atoms with E-state index in [4.69, 9.17) is 0 Å². The van der Waals surface area contributed by atoms with Gasteiger partial charge in [0, 0.05) is 26.2 Å². The van der Waals surface area contributed by atoms with E-state index >= 15 is 0 Å². The van der Waals surface area contributed by atoms with Crippen LogP contribution in [-0.4, -0.2) is 63.2 Å². The summed E-state index contributed by atoms with van der Waals surface area (Å²) in [5, 5.41) is 3.70. The van der Waals surface area contributed by atoms with E-state index in [1.54, 1.807) is 0 Å². The van der Waals surface area contributed by atoms with Gasteiger partial charge in [0.1, 0.15) is 0 Å². The van der Waals surface area contributed by atoms with Crippen LogP contribution < -0.4 is 5.32 Å². The van der Waals surface area contributed by atoms with E-state index in [9.17, 15) is 0 Å². The molecular weight excluding hydrogens is 258 g/mol. The summed E-state index contributed by atoms with van der Waals surface area (Å²) >= 11 is 0. The summed E-state index contributed by atoms with van der Waals surface area (Å²) in [5.74, 6) is 0.733. The highest BCUT2D eigenvalue weighted by atomic mass is 15.2. The van der Waals surface area contributed by atoms with Crippen LogP contribution in [0.25, 0.3) is 0 Å². The first-order valence-corrected chi connectivity index (χ1v) is 8.96. The fourth-order valence-electron chi connectivity index (χ4n) is 2.81. The molecule has 0 aliphatic heterocycles. The first-order chi connectivity index (χ1) is 9.89. The fourth-order valence-corrected chi connectivity index (χ4v) is 2.81. The molecular formula is C18H41N3. The zero-order valence-electron chi connectivity index (χ0n) is 15.8. The second-order valence-electron chi connectivity index (χ2n) is 7.31. The lowest BCUT2D eigenvalue weighted by atomic mass is 9.81. The molecule has 3 heteroatoms. The highest BCUT2D eigenvalue weighted by Crippen LogP contribution is 2.27. The van der Waals surface area contributed by atoms with Crippen LogP contribution in [0.15, 0.2) is 0 Å². The summed E-state index contributed by atoms with van der Waals surface area (Å²) in [5.41, 5.74) is 0.427. The first kappa shape index (κ1) is 20.9. The van der Waals surface area contributed by atoms with Gasteiger partial charge in [0.25, 0.3) is 0 Å². The van der Waals surface area contributed by atoms with Crippen LogP contribution in [0.1, 0.15) is 53.9 Å². The number of nitrogens with zero attached hydrogens (tertiary/aromatic N) is 2. The number of hydrogen-bond donors (Lipinski definition) is 1. The van der Waals surface area contributed by atoms with E-state index in [1.807, 2.05) is 0 Å². The van der Waals surface area contributed by atoms with Crippen molar-refractivity contribution in [3.8, 4) is 0 Å². The van der Waals surface area contributed by atoms with Crippen molar-refractivity contribution in [3.05, 3.63) is 0 Å². The Labute approximate surface area is 134 Å². The molecule has 1 N–H and O–H groups in total.